The fraction of sp³-hybridized carbons (Fsp3) is 0.167. The molecule has 0 spiro atoms. The first-order chi connectivity index (χ1) is 12.0. The largest absolute Gasteiger partial charge is 0.420 e. The summed E-state index contributed by atoms with van der Waals surface area (Å²) in [4.78, 5) is 16.4. The molecule has 0 saturated carbocycles. The molecule has 0 aliphatic rings. The fourth-order valence-electron chi connectivity index (χ4n) is 2.72. The lowest BCUT2D eigenvalue weighted by atomic mass is 10.2. The first kappa shape index (κ1) is 15.8. The molecule has 7 heteroatoms. The molecule has 25 heavy (non-hydrogen) atoms. The van der Waals surface area contributed by atoms with E-state index in [1.165, 1.54) is 0 Å². The van der Waals surface area contributed by atoms with Crippen molar-refractivity contribution < 1.29 is 8.94 Å². The second-order valence-electron chi connectivity index (χ2n) is 5.94. The molecule has 4 aromatic rings. The van der Waals surface area contributed by atoms with Gasteiger partial charge in [-0.05, 0) is 56.3 Å². The molecule has 0 aliphatic carbocycles. The molecule has 2 aromatic carbocycles. The maximum absolute atomic E-state index is 12.0. The van der Waals surface area contributed by atoms with Crippen LogP contribution in [-0.4, -0.2) is 14.7 Å². The van der Waals surface area contributed by atoms with Crippen LogP contribution < -0.4 is 5.76 Å². The van der Waals surface area contributed by atoms with Crippen LogP contribution >= 0.6 is 15.9 Å². The quantitative estimate of drug-likeness (QED) is 0.500. The molecular weight excluding hydrogens is 386 g/mol. The Morgan fingerprint density at radius 1 is 1.08 bits per heavy atom. The molecular formula is C18H14BrN3O3. The first-order valence-corrected chi connectivity index (χ1v) is 8.57. The predicted molar refractivity (Wildman–Crippen MR) is 97.3 cm³/mol. The summed E-state index contributed by atoms with van der Waals surface area (Å²) in [6.45, 7) is 3.88. The number of hydrogen-bond donors (Lipinski definition) is 0. The van der Waals surface area contributed by atoms with Crippen LogP contribution in [0.15, 0.2) is 60.7 Å². The normalized spacial score (nSPS) is 11.5. The van der Waals surface area contributed by atoms with Gasteiger partial charge in [-0.3, -0.25) is 4.57 Å². The van der Waals surface area contributed by atoms with E-state index in [9.17, 15) is 4.79 Å². The summed E-state index contributed by atoms with van der Waals surface area (Å²) in [6.07, 6.45) is 0. The molecule has 0 radical (unpaired) electrons. The number of rotatable bonds is 3. The summed E-state index contributed by atoms with van der Waals surface area (Å²) in [5, 5.41) is 4.03. The van der Waals surface area contributed by atoms with Gasteiger partial charge in [0.15, 0.2) is 5.58 Å². The van der Waals surface area contributed by atoms with Gasteiger partial charge in [0.05, 0.1) is 5.52 Å². The van der Waals surface area contributed by atoms with Crippen LogP contribution in [0.5, 0.6) is 0 Å². The second-order valence-corrected chi connectivity index (χ2v) is 6.86. The molecule has 2 heterocycles. The van der Waals surface area contributed by atoms with Crippen LogP contribution in [0.4, 0.5) is 0 Å². The molecule has 6 nitrogen and oxygen atoms in total. The van der Waals surface area contributed by atoms with Crippen LogP contribution in [0.25, 0.3) is 33.9 Å². The monoisotopic (exact) mass is 399 g/mol. The van der Waals surface area contributed by atoms with E-state index in [2.05, 4.69) is 26.1 Å². The molecule has 0 fully saturated rings. The first-order valence-electron chi connectivity index (χ1n) is 7.78. The third-order valence-corrected chi connectivity index (χ3v) is 4.43. The maximum Gasteiger partial charge on any atom is 0.420 e. The van der Waals surface area contributed by atoms with Gasteiger partial charge in [0.2, 0.25) is 5.82 Å². The number of benzene rings is 2. The maximum atomic E-state index is 12.0. The molecule has 2 aromatic heterocycles. The summed E-state index contributed by atoms with van der Waals surface area (Å²) in [7, 11) is 0. The Balaban J connectivity index is 1.75. The van der Waals surface area contributed by atoms with E-state index in [1.807, 2.05) is 50.2 Å². The van der Waals surface area contributed by atoms with E-state index in [0.717, 1.165) is 21.1 Å². The van der Waals surface area contributed by atoms with Gasteiger partial charge >= 0.3 is 5.76 Å². The Morgan fingerprint density at radius 3 is 2.52 bits per heavy atom. The summed E-state index contributed by atoms with van der Waals surface area (Å²) in [6, 6.07) is 13.1. The van der Waals surface area contributed by atoms with E-state index >= 15 is 0 Å². The van der Waals surface area contributed by atoms with Crippen LogP contribution in [0.1, 0.15) is 19.9 Å². The Hall–Kier alpha value is -2.67. The Bertz CT molecular complexity index is 1110. The highest BCUT2D eigenvalue weighted by Crippen LogP contribution is 2.26. The van der Waals surface area contributed by atoms with Crippen molar-refractivity contribution in [1.82, 2.24) is 14.7 Å². The Morgan fingerprint density at radius 2 is 1.80 bits per heavy atom. The average molecular weight is 400 g/mol. The smallest absolute Gasteiger partial charge is 0.408 e. The van der Waals surface area contributed by atoms with Crippen LogP contribution in [0, 0.1) is 0 Å². The van der Waals surface area contributed by atoms with Crippen molar-refractivity contribution >= 4 is 27.0 Å². The lowest BCUT2D eigenvalue weighted by Gasteiger charge is -2.04. The van der Waals surface area contributed by atoms with Crippen LogP contribution in [-0.2, 0) is 0 Å². The van der Waals surface area contributed by atoms with Gasteiger partial charge in [0, 0.05) is 21.6 Å². The highest BCUT2D eigenvalue weighted by molar-refractivity contribution is 9.10. The van der Waals surface area contributed by atoms with Crippen molar-refractivity contribution in [3.63, 3.8) is 0 Å². The summed E-state index contributed by atoms with van der Waals surface area (Å²) in [5.74, 6) is 0.509. The van der Waals surface area contributed by atoms with Gasteiger partial charge < -0.3 is 8.94 Å². The minimum Gasteiger partial charge on any atom is -0.408 e. The highest BCUT2D eigenvalue weighted by atomic mass is 79.9. The van der Waals surface area contributed by atoms with Gasteiger partial charge in [-0.25, -0.2) is 4.79 Å². The zero-order valence-corrected chi connectivity index (χ0v) is 15.1. The SMILES string of the molecule is CC(C)n1c(=O)oc2cc(-c3noc(-c4ccc(Br)cc4)n3)ccc21. The van der Waals surface area contributed by atoms with Crippen molar-refractivity contribution in [1.29, 1.82) is 0 Å². The Kier molecular flexibility index (Phi) is 3.80. The standard InChI is InChI=1S/C18H14BrN3O3/c1-10(2)22-14-8-5-12(9-15(14)24-18(22)23)16-20-17(25-21-16)11-3-6-13(19)7-4-11/h3-10H,1-2H3. The number of halogens is 1. The predicted octanol–water partition coefficient (Wildman–Crippen LogP) is 4.65. The average Bonchev–Trinajstić information content (AvgIpc) is 3.18. The molecule has 126 valence electrons. The zero-order valence-electron chi connectivity index (χ0n) is 13.6. The lowest BCUT2D eigenvalue weighted by Crippen LogP contribution is -2.15. The molecule has 0 bridgehead atoms. The van der Waals surface area contributed by atoms with Gasteiger partial charge in [0.1, 0.15) is 0 Å². The fourth-order valence-corrected chi connectivity index (χ4v) is 2.98. The van der Waals surface area contributed by atoms with E-state index in [1.54, 1.807) is 10.6 Å². The third kappa shape index (κ3) is 2.80. The number of hydrogen-bond acceptors (Lipinski definition) is 5. The Labute approximate surface area is 151 Å². The minimum atomic E-state index is -0.370. The van der Waals surface area contributed by atoms with E-state index in [4.69, 9.17) is 8.94 Å². The molecule has 0 saturated heterocycles. The molecule has 0 amide bonds. The number of oxazole rings is 1. The van der Waals surface area contributed by atoms with Crippen LogP contribution in [0.2, 0.25) is 0 Å². The van der Waals surface area contributed by atoms with Gasteiger partial charge in [0.25, 0.3) is 5.89 Å². The summed E-state index contributed by atoms with van der Waals surface area (Å²) >= 11 is 3.40. The van der Waals surface area contributed by atoms with Crippen molar-refractivity contribution in [2.75, 3.05) is 0 Å². The number of fused-ring (bicyclic) bond motifs is 1. The molecule has 4 rings (SSSR count). The number of nitrogens with zero attached hydrogens (tertiary/aromatic N) is 3. The van der Waals surface area contributed by atoms with Gasteiger partial charge in [-0.15, -0.1) is 0 Å². The molecule has 0 aliphatic heterocycles. The summed E-state index contributed by atoms with van der Waals surface area (Å²) < 4.78 is 13.3. The van der Waals surface area contributed by atoms with Gasteiger partial charge in [-0.1, -0.05) is 21.1 Å². The van der Waals surface area contributed by atoms with Crippen molar-refractivity contribution in [2.45, 2.75) is 19.9 Å². The number of aromatic nitrogens is 3. The summed E-state index contributed by atoms with van der Waals surface area (Å²) in [5.41, 5.74) is 2.82. The van der Waals surface area contributed by atoms with Crippen molar-refractivity contribution in [2.24, 2.45) is 0 Å². The zero-order chi connectivity index (χ0) is 17.6. The third-order valence-electron chi connectivity index (χ3n) is 3.91. The van der Waals surface area contributed by atoms with Crippen molar-refractivity contribution in [3.8, 4) is 22.8 Å². The minimum absolute atomic E-state index is 0.0220. The second kappa shape index (κ2) is 6.00. The molecule has 0 unspecified atom stereocenters. The van der Waals surface area contributed by atoms with E-state index in [0.29, 0.717) is 17.3 Å². The van der Waals surface area contributed by atoms with E-state index in [-0.39, 0.29) is 11.8 Å². The molecule has 0 atom stereocenters. The highest BCUT2D eigenvalue weighted by Gasteiger charge is 2.15. The van der Waals surface area contributed by atoms with E-state index < -0.39 is 0 Å². The van der Waals surface area contributed by atoms with Crippen molar-refractivity contribution in [3.05, 3.63) is 57.5 Å². The topological polar surface area (TPSA) is 74.1 Å². The lowest BCUT2D eigenvalue weighted by molar-refractivity contribution is 0.432. The van der Waals surface area contributed by atoms with Crippen LogP contribution in [0.3, 0.4) is 0 Å². The van der Waals surface area contributed by atoms with Gasteiger partial charge in [-0.2, -0.15) is 4.98 Å². The molecule has 0 N–H and O–H groups in total.